The molecule has 1 atom stereocenters. The van der Waals surface area contributed by atoms with Crippen LogP contribution in [0, 0.1) is 10.7 Å². The van der Waals surface area contributed by atoms with Gasteiger partial charge in [-0.3, -0.25) is 4.90 Å². The van der Waals surface area contributed by atoms with Gasteiger partial charge in [0.1, 0.15) is 9.57 Å². The maximum absolute atomic E-state index is 10.6. The Morgan fingerprint density at radius 1 is 1.07 bits per heavy atom. The predicted octanol–water partition coefficient (Wildman–Crippen LogP) is 6.62. The molecule has 3 nitrogen and oxygen atoms in total. The Balaban J connectivity index is 1.68. The zero-order valence-electron chi connectivity index (χ0n) is 17.1. The van der Waals surface area contributed by atoms with Crippen molar-refractivity contribution in [1.82, 2.24) is 4.90 Å². The van der Waals surface area contributed by atoms with Gasteiger partial charge >= 0.3 is 0 Å². The lowest BCUT2D eigenvalue weighted by Gasteiger charge is -2.35. The molecule has 3 aromatic rings. The first-order valence-corrected chi connectivity index (χ1v) is 13.0. The Hall–Kier alpha value is -1.57. The minimum atomic E-state index is 0.211. The number of rotatable bonds is 6. The molecule has 4 rings (SSSR count). The molecular weight excluding hydrogens is 430 g/mol. The summed E-state index contributed by atoms with van der Waals surface area (Å²) in [5.74, 6) is 0.328. The smallest absolute Gasteiger partial charge is 0.120 e. The minimum absolute atomic E-state index is 0.211. The highest BCUT2D eigenvalue weighted by Gasteiger charge is 2.23. The highest BCUT2D eigenvalue weighted by molar-refractivity contribution is 7.80. The van der Waals surface area contributed by atoms with Gasteiger partial charge in [0.05, 0.1) is 4.88 Å². The third-order valence-corrected chi connectivity index (χ3v) is 8.96. The highest BCUT2D eigenvalue weighted by atomic mass is 32.9. The fourth-order valence-electron chi connectivity index (χ4n) is 4.23. The zero-order valence-corrected chi connectivity index (χ0v) is 19.6. The van der Waals surface area contributed by atoms with Gasteiger partial charge in [-0.2, -0.15) is 0 Å². The summed E-state index contributed by atoms with van der Waals surface area (Å²) in [6, 6.07) is 14.8. The van der Waals surface area contributed by atoms with E-state index in [4.69, 9.17) is 12.2 Å². The van der Waals surface area contributed by atoms with Crippen molar-refractivity contribution in [1.29, 1.82) is 0 Å². The fourth-order valence-corrected chi connectivity index (χ4v) is 7.15. The summed E-state index contributed by atoms with van der Waals surface area (Å²) in [5.41, 5.74) is 5.51. The number of phenols is 1. The molecule has 1 fully saturated rings. The normalized spacial score (nSPS) is 17.3. The van der Waals surface area contributed by atoms with Gasteiger partial charge in [-0.05, 0) is 56.0 Å². The van der Waals surface area contributed by atoms with E-state index in [9.17, 15) is 10.2 Å². The summed E-state index contributed by atoms with van der Waals surface area (Å²) < 4.78 is 0.892. The van der Waals surface area contributed by atoms with Gasteiger partial charge in [-0.15, -0.1) is 0 Å². The molecule has 0 saturated carbocycles. The number of hydrogen-bond donors (Lipinski definition) is 2. The first-order chi connectivity index (χ1) is 14.6. The topological polar surface area (TPSA) is 43.7 Å². The molecule has 0 radical (unpaired) electrons. The van der Waals surface area contributed by atoms with Crippen molar-refractivity contribution >= 4 is 32.9 Å². The number of hydrogen-bond acceptors (Lipinski definition) is 6. The molecule has 1 aliphatic heterocycles. The third-order valence-electron chi connectivity index (χ3n) is 5.90. The third kappa shape index (κ3) is 4.68. The molecule has 1 saturated heterocycles. The van der Waals surface area contributed by atoms with Gasteiger partial charge in [0.2, 0.25) is 0 Å². The van der Waals surface area contributed by atoms with Crippen molar-refractivity contribution in [3.63, 3.8) is 0 Å². The molecule has 2 heterocycles. The van der Waals surface area contributed by atoms with Crippen LogP contribution in [-0.2, 0) is 6.54 Å². The second kappa shape index (κ2) is 9.71. The lowest BCUT2D eigenvalue weighted by molar-refractivity contribution is 0.111. The van der Waals surface area contributed by atoms with Crippen LogP contribution in [-0.4, -0.2) is 34.3 Å². The Labute approximate surface area is 190 Å². The second-order valence-electron chi connectivity index (χ2n) is 8.00. The van der Waals surface area contributed by atoms with Gasteiger partial charge < -0.3 is 10.2 Å². The van der Waals surface area contributed by atoms with E-state index in [1.54, 1.807) is 26.7 Å². The monoisotopic (exact) mass is 457 g/mol. The molecule has 0 aliphatic carbocycles. The summed E-state index contributed by atoms with van der Waals surface area (Å²) in [6.07, 6.45) is 4.28. The number of aromatic hydroxyl groups is 1. The number of likely N-dealkylation sites (tertiary alicyclic amines) is 1. The average Bonchev–Trinajstić information content (AvgIpc) is 3.13. The van der Waals surface area contributed by atoms with Gasteiger partial charge in [-0.1, -0.05) is 75.2 Å². The van der Waals surface area contributed by atoms with Crippen LogP contribution in [0.25, 0.3) is 21.6 Å². The molecular formula is C24H27NO2S3. The van der Waals surface area contributed by atoms with Crippen molar-refractivity contribution in [3.8, 4) is 27.3 Å². The highest BCUT2D eigenvalue weighted by Crippen LogP contribution is 2.42. The molecule has 30 heavy (non-hydrogen) atoms. The van der Waals surface area contributed by atoms with Crippen molar-refractivity contribution in [2.75, 3.05) is 13.2 Å². The van der Waals surface area contributed by atoms with Crippen molar-refractivity contribution < 1.29 is 10.2 Å². The van der Waals surface area contributed by atoms with Crippen molar-refractivity contribution in [2.45, 2.75) is 45.2 Å². The quantitative estimate of drug-likeness (QED) is 0.322. The second-order valence-corrected chi connectivity index (χ2v) is 10.8. The fraction of sp³-hybridized carbons (Fsp3) is 0.375. The first kappa shape index (κ1) is 21.7. The number of aliphatic hydroxyl groups excluding tert-OH is 1. The van der Waals surface area contributed by atoms with Crippen LogP contribution in [0.4, 0.5) is 0 Å². The van der Waals surface area contributed by atoms with E-state index in [1.165, 1.54) is 28.8 Å². The minimum Gasteiger partial charge on any atom is -0.508 e. The maximum Gasteiger partial charge on any atom is 0.120 e. The summed E-state index contributed by atoms with van der Waals surface area (Å²) in [4.78, 5) is 3.60. The van der Waals surface area contributed by atoms with E-state index in [0.717, 1.165) is 39.9 Å². The largest absolute Gasteiger partial charge is 0.508 e. The summed E-state index contributed by atoms with van der Waals surface area (Å²) in [7, 11) is 3.35. The molecule has 6 heteroatoms. The van der Waals surface area contributed by atoms with E-state index in [2.05, 4.69) is 42.2 Å². The number of nitrogens with zero attached hydrogens (tertiary/aromatic N) is 1. The van der Waals surface area contributed by atoms with Crippen molar-refractivity contribution in [3.05, 3.63) is 57.4 Å². The van der Waals surface area contributed by atoms with Gasteiger partial charge in [0, 0.05) is 30.3 Å². The number of aryl methyl sites for hydroxylation is 1. The number of piperidine rings is 1. The van der Waals surface area contributed by atoms with E-state index >= 15 is 0 Å². The van der Waals surface area contributed by atoms with Gasteiger partial charge in [-0.25, -0.2) is 0 Å². The summed E-state index contributed by atoms with van der Waals surface area (Å²) in [5, 5.41) is 20.0. The van der Waals surface area contributed by atoms with E-state index in [0.29, 0.717) is 18.3 Å². The predicted molar refractivity (Wildman–Crippen MR) is 130 cm³/mol. The van der Waals surface area contributed by atoms with Gasteiger partial charge in [0.25, 0.3) is 0 Å². The maximum atomic E-state index is 10.6. The number of aliphatic hydroxyl groups is 1. The SMILES string of the molecule is Cc1ccc(-c2ssc(=S)c2-c2ccc(O)c(CN3CCCCC3CCO)c2)cc1. The summed E-state index contributed by atoms with van der Waals surface area (Å²) in [6.45, 7) is 4.01. The Morgan fingerprint density at radius 2 is 1.83 bits per heavy atom. The number of phenolic OH excluding ortho intramolecular Hbond substituents is 1. The van der Waals surface area contributed by atoms with Crippen LogP contribution in [0.3, 0.4) is 0 Å². The molecule has 2 aromatic carbocycles. The van der Waals surface area contributed by atoms with Crippen molar-refractivity contribution in [2.24, 2.45) is 0 Å². The van der Waals surface area contributed by atoms with Crippen LogP contribution in [0.15, 0.2) is 42.5 Å². The molecule has 0 spiro atoms. The summed E-state index contributed by atoms with van der Waals surface area (Å²) >= 11 is 5.70. The van der Waals surface area contributed by atoms with Crippen LogP contribution < -0.4 is 0 Å². The Morgan fingerprint density at radius 3 is 2.60 bits per heavy atom. The Bertz CT molecular complexity index is 1050. The lowest BCUT2D eigenvalue weighted by Crippen LogP contribution is -2.39. The molecule has 2 N–H and O–H groups in total. The average molecular weight is 458 g/mol. The van der Waals surface area contributed by atoms with Crippen LogP contribution in [0.5, 0.6) is 5.75 Å². The lowest BCUT2D eigenvalue weighted by atomic mass is 9.97. The van der Waals surface area contributed by atoms with Gasteiger partial charge in [0.15, 0.2) is 0 Å². The molecule has 158 valence electrons. The Kier molecular flexibility index (Phi) is 7.01. The molecule has 1 aromatic heterocycles. The standard InChI is InChI=1S/C24H27NO2S3/c1-16-5-7-17(8-6-16)23-22(24(28)30-29-23)18-9-10-21(27)19(14-18)15-25-12-3-2-4-20(25)11-13-26/h5-10,14,20,26-27H,2-4,11-13,15H2,1H3. The van der Waals surface area contributed by atoms with E-state index in [1.807, 2.05) is 6.07 Å². The van der Waals surface area contributed by atoms with Crippen LogP contribution >= 0.6 is 32.9 Å². The van der Waals surface area contributed by atoms with E-state index in [-0.39, 0.29) is 6.61 Å². The molecule has 1 unspecified atom stereocenters. The molecule has 0 amide bonds. The van der Waals surface area contributed by atoms with Crippen LogP contribution in [0.1, 0.15) is 36.8 Å². The van der Waals surface area contributed by atoms with Crippen LogP contribution in [0.2, 0.25) is 0 Å². The molecule has 1 aliphatic rings. The number of benzene rings is 2. The first-order valence-electron chi connectivity index (χ1n) is 10.4. The molecule has 0 bridgehead atoms. The zero-order chi connectivity index (χ0) is 21.1. The van der Waals surface area contributed by atoms with E-state index < -0.39 is 0 Å².